The SMILES string of the molecule is CC1(C(=O)c2ccc(Cl)cc2F)CCNCC1. The van der Waals surface area contributed by atoms with Crippen molar-refractivity contribution in [2.24, 2.45) is 5.41 Å². The van der Waals surface area contributed by atoms with E-state index in [2.05, 4.69) is 5.32 Å². The molecule has 0 spiro atoms. The lowest BCUT2D eigenvalue weighted by Gasteiger charge is -2.32. The fourth-order valence-electron chi connectivity index (χ4n) is 2.20. The number of ketones is 1. The number of nitrogens with one attached hydrogen (secondary N) is 1. The lowest BCUT2D eigenvalue weighted by molar-refractivity contribution is 0.0758. The summed E-state index contributed by atoms with van der Waals surface area (Å²) in [6, 6.07) is 4.23. The first kappa shape index (κ1) is 12.5. The molecule has 0 aliphatic carbocycles. The van der Waals surface area contributed by atoms with Crippen molar-refractivity contribution >= 4 is 17.4 Å². The van der Waals surface area contributed by atoms with Crippen molar-refractivity contribution in [2.75, 3.05) is 13.1 Å². The Morgan fingerprint density at radius 3 is 2.65 bits per heavy atom. The van der Waals surface area contributed by atoms with Gasteiger partial charge in [0.05, 0.1) is 5.56 Å². The van der Waals surface area contributed by atoms with Crippen LogP contribution in [0.1, 0.15) is 30.1 Å². The average molecular weight is 256 g/mol. The molecule has 0 unspecified atom stereocenters. The Morgan fingerprint density at radius 2 is 2.06 bits per heavy atom. The number of Topliss-reactive ketones (excluding diaryl/α,β-unsaturated/α-hetero) is 1. The van der Waals surface area contributed by atoms with Gasteiger partial charge in [-0.15, -0.1) is 0 Å². The lowest BCUT2D eigenvalue weighted by atomic mass is 9.75. The zero-order valence-corrected chi connectivity index (χ0v) is 10.5. The lowest BCUT2D eigenvalue weighted by Crippen LogP contribution is -2.40. The van der Waals surface area contributed by atoms with E-state index in [9.17, 15) is 9.18 Å². The molecule has 1 heterocycles. The molecule has 1 aliphatic rings. The molecule has 1 aromatic carbocycles. The highest BCUT2D eigenvalue weighted by molar-refractivity contribution is 6.30. The molecule has 2 nitrogen and oxygen atoms in total. The smallest absolute Gasteiger partial charge is 0.171 e. The van der Waals surface area contributed by atoms with Crippen molar-refractivity contribution in [3.8, 4) is 0 Å². The van der Waals surface area contributed by atoms with E-state index in [4.69, 9.17) is 11.6 Å². The molecule has 92 valence electrons. The Kier molecular flexibility index (Phi) is 3.50. The third-order valence-corrected chi connectivity index (χ3v) is 3.67. The van der Waals surface area contributed by atoms with E-state index in [0.717, 1.165) is 25.9 Å². The van der Waals surface area contributed by atoms with Crippen LogP contribution in [-0.2, 0) is 0 Å². The summed E-state index contributed by atoms with van der Waals surface area (Å²) in [6.45, 7) is 3.51. The van der Waals surface area contributed by atoms with Crippen molar-refractivity contribution in [2.45, 2.75) is 19.8 Å². The van der Waals surface area contributed by atoms with Crippen LogP contribution in [0.4, 0.5) is 4.39 Å². The summed E-state index contributed by atoms with van der Waals surface area (Å²) in [5, 5.41) is 3.52. The molecule has 2 rings (SSSR count). The minimum atomic E-state index is -0.526. The van der Waals surface area contributed by atoms with Crippen molar-refractivity contribution in [1.29, 1.82) is 0 Å². The Bertz CT molecular complexity index is 441. The van der Waals surface area contributed by atoms with E-state index in [-0.39, 0.29) is 11.3 Å². The quantitative estimate of drug-likeness (QED) is 0.823. The molecule has 1 aliphatic heterocycles. The summed E-state index contributed by atoms with van der Waals surface area (Å²) < 4.78 is 13.7. The monoisotopic (exact) mass is 255 g/mol. The maximum absolute atomic E-state index is 13.7. The van der Waals surface area contributed by atoms with Gasteiger partial charge in [0.15, 0.2) is 5.78 Å². The van der Waals surface area contributed by atoms with Gasteiger partial charge in [0.25, 0.3) is 0 Å². The van der Waals surface area contributed by atoms with Crippen molar-refractivity contribution in [3.63, 3.8) is 0 Å². The third-order valence-electron chi connectivity index (χ3n) is 3.43. The number of hydrogen-bond donors (Lipinski definition) is 1. The van der Waals surface area contributed by atoms with Gasteiger partial charge < -0.3 is 5.32 Å². The highest BCUT2D eigenvalue weighted by Gasteiger charge is 2.36. The van der Waals surface area contributed by atoms with E-state index in [1.165, 1.54) is 12.1 Å². The van der Waals surface area contributed by atoms with Gasteiger partial charge in [0.2, 0.25) is 0 Å². The number of carbonyl (C=O) groups excluding carboxylic acids is 1. The number of halogens is 2. The van der Waals surface area contributed by atoms with Gasteiger partial charge in [-0.3, -0.25) is 4.79 Å². The molecule has 0 atom stereocenters. The molecule has 1 fully saturated rings. The Balaban J connectivity index is 2.30. The van der Waals surface area contributed by atoms with Gasteiger partial charge in [-0.25, -0.2) is 4.39 Å². The number of piperidine rings is 1. The highest BCUT2D eigenvalue weighted by Crippen LogP contribution is 2.33. The predicted octanol–water partition coefficient (Wildman–Crippen LogP) is 3.05. The fraction of sp³-hybridized carbons (Fsp3) is 0.462. The Labute approximate surface area is 105 Å². The third kappa shape index (κ3) is 2.50. The van der Waals surface area contributed by atoms with Crippen LogP contribution in [0.5, 0.6) is 0 Å². The molecule has 17 heavy (non-hydrogen) atoms. The first-order valence-electron chi connectivity index (χ1n) is 5.73. The van der Waals surface area contributed by atoms with Crippen LogP contribution in [0.2, 0.25) is 5.02 Å². The van der Waals surface area contributed by atoms with Gasteiger partial charge in [0, 0.05) is 10.4 Å². The van der Waals surface area contributed by atoms with Crippen molar-refractivity contribution in [1.82, 2.24) is 5.32 Å². The van der Waals surface area contributed by atoms with E-state index in [1.807, 2.05) is 6.92 Å². The zero-order chi connectivity index (χ0) is 12.5. The summed E-state index contributed by atoms with van der Waals surface area (Å²) in [7, 11) is 0. The summed E-state index contributed by atoms with van der Waals surface area (Å²) in [6.07, 6.45) is 1.49. The van der Waals surface area contributed by atoms with Crippen LogP contribution in [-0.4, -0.2) is 18.9 Å². The normalized spacial score (nSPS) is 19.0. The maximum Gasteiger partial charge on any atom is 0.171 e. The average Bonchev–Trinajstić information content (AvgIpc) is 2.29. The summed E-state index contributed by atoms with van der Waals surface area (Å²) in [4.78, 5) is 12.3. The second-order valence-electron chi connectivity index (χ2n) is 4.76. The molecule has 0 aromatic heterocycles. The molecule has 0 bridgehead atoms. The van der Waals surface area contributed by atoms with E-state index >= 15 is 0 Å². The number of rotatable bonds is 2. The molecular weight excluding hydrogens is 241 g/mol. The van der Waals surface area contributed by atoms with E-state index < -0.39 is 11.2 Å². The molecule has 1 N–H and O–H groups in total. The molecule has 0 radical (unpaired) electrons. The van der Waals surface area contributed by atoms with Crippen molar-refractivity contribution < 1.29 is 9.18 Å². The molecule has 0 amide bonds. The molecule has 4 heteroatoms. The molecule has 0 saturated carbocycles. The first-order chi connectivity index (χ1) is 8.03. The second kappa shape index (κ2) is 4.75. The summed E-state index contributed by atoms with van der Waals surface area (Å²) >= 11 is 5.68. The van der Waals surface area contributed by atoms with Crippen LogP contribution in [0, 0.1) is 11.2 Å². The predicted molar refractivity (Wildman–Crippen MR) is 66.0 cm³/mol. The molecule has 1 aromatic rings. The number of carbonyl (C=O) groups is 1. The Hall–Kier alpha value is -0.930. The Morgan fingerprint density at radius 1 is 1.41 bits per heavy atom. The zero-order valence-electron chi connectivity index (χ0n) is 9.72. The minimum absolute atomic E-state index is 0.117. The summed E-state index contributed by atoms with van der Waals surface area (Å²) in [5.74, 6) is -0.643. The van der Waals surface area contributed by atoms with Gasteiger partial charge in [-0.1, -0.05) is 18.5 Å². The van der Waals surface area contributed by atoms with Crippen LogP contribution >= 0.6 is 11.6 Å². The number of benzene rings is 1. The largest absolute Gasteiger partial charge is 0.317 e. The molecular formula is C13H15ClFNO. The van der Waals surface area contributed by atoms with Gasteiger partial charge in [-0.2, -0.15) is 0 Å². The minimum Gasteiger partial charge on any atom is -0.317 e. The first-order valence-corrected chi connectivity index (χ1v) is 6.11. The van der Waals surface area contributed by atoms with Crippen LogP contribution < -0.4 is 5.32 Å². The maximum atomic E-state index is 13.7. The van der Waals surface area contributed by atoms with Gasteiger partial charge >= 0.3 is 0 Å². The van der Waals surface area contributed by atoms with Gasteiger partial charge in [-0.05, 0) is 44.1 Å². The second-order valence-corrected chi connectivity index (χ2v) is 5.20. The number of hydrogen-bond acceptors (Lipinski definition) is 2. The molecule has 1 saturated heterocycles. The summed E-state index contributed by atoms with van der Waals surface area (Å²) in [5.41, 5.74) is -0.307. The fourth-order valence-corrected chi connectivity index (χ4v) is 2.36. The van der Waals surface area contributed by atoms with Gasteiger partial charge in [0.1, 0.15) is 5.82 Å². The standard InChI is InChI=1S/C13H15ClFNO/c1-13(4-6-16-7-5-13)12(17)10-3-2-9(14)8-11(10)15/h2-3,8,16H,4-7H2,1H3. The van der Waals surface area contributed by atoms with Crippen molar-refractivity contribution in [3.05, 3.63) is 34.6 Å². The topological polar surface area (TPSA) is 29.1 Å². The highest BCUT2D eigenvalue weighted by atomic mass is 35.5. The van der Waals surface area contributed by atoms with E-state index in [0.29, 0.717) is 5.02 Å². The van der Waals surface area contributed by atoms with E-state index in [1.54, 1.807) is 6.07 Å². The van der Waals surface area contributed by atoms with Crippen LogP contribution in [0.25, 0.3) is 0 Å². The van der Waals surface area contributed by atoms with Crippen LogP contribution in [0.15, 0.2) is 18.2 Å². The van der Waals surface area contributed by atoms with Crippen LogP contribution in [0.3, 0.4) is 0 Å².